The average molecular weight is 275 g/mol. The van der Waals surface area contributed by atoms with Crippen LogP contribution in [0.4, 0.5) is 0 Å². The molecule has 1 aliphatic heterocycles. The Hall–Kier alpha value is -1.39. The lowest BCUT2D eigenvalue weighted by molar-refractivity contribution is -0.122. The first kappa shape index (κ1) is 15.0. The van der Waals surface area contributed by atoms with Crippen molar-refractivity contribution in [3.8, 4) is 0 Å². The standard InChI is InChI=1S/C16H25N3O/c1-12(2)19-9-8-13(11-19)10-18-16(20)15(17)14-6-4-3-5-7-14/h3-7,12-13,15H,8-11,17H2,1-2H3,(H,18,20)/t13?,15-/m1/s1. The van der Waals surface area contributed by atoms with E-state index in [1.807, 2.05) is 30.3 Å². The van der Waals surface area contributed by atoms with Gasteiger partial charge in [-0.2, -0.15) is 0 Å². The number of hydrogen-bond donors (Lipinski definition) is 2. The normalized spacial score (nSPS) is 21.1. The van der Waals surface area contributed by atoms with E-state index in [0.29, 0.717) is 12.0 Å². The number of likely N-dealkylation sites (tertiary alicyclic amines) is 1. The van der Waals surface area contributed by atoms with Crippen molar-refractivity contribution < 1.29 is 4.79 Å². The van der Waals surface area contributed by atoms with Crippen LogP contribution in [0.5, 0.6) is 0 Å². The minimum Gasteiger partial charge on any atom is -0.354 e. The third-order valence-corrected chi connectivity index (χ3v) is 4.05. The highest BCUT2D eigenvalue weighted by molar-refractivity contribution is 5.82. The van der Waals surface area contributed by atoms with Crippen LogP contribution in [0.15, 0.2) is 30.3 Å². The van der Waals surface area contributed by atoms with Gasteiger partial charge in [-0.25, -0.2) is 0 Å². The summed E-state index contributed by atoms with van der Waals surface area (Å²) in [6.45, 7) is 7.35. The zero-order valence-electron chi connectivity index (χ0n) is 12.4. The van der Waals surface area contributed by atoms with Gasteiger partial charge in [-0.1, -0.05) is 30.3 Å². The predicted octanol–water partition coefficient (Wildman–Crippen LogP) is 1.53. The molecule has 1 aromatic rings. The molecule has 0 spiro atoms. The van der Waals surface area contributed by atoms with Gasteiger partial charge in [-0.15, -0.1) is 0 Å². The summed E-state index contributed by atoms with van der Waals surface area (Å²) in [5.41, 5.74) is 6.84. The van der Waals surface area contributed by atoms with Gasteiger partial charge in [0, 0.05) is 19.1 Å². The SMILES string of the molecule is CC(C)N1CCC(CNC(=O)[C@H](N)c2ccccc2)C1. The molecule has 2 atom stereocenters. The fraction of sp³-hybridized carbons (Fsp3) is 0.562. The van der Waals surface area contributed by atoms with Crippen molar-refractivity contribution >= 4 is 5.91 Å². The lowest BCUT2D eigenvalue weighted by Crippen LogP contribution is -2.38. The van der Waals surface area contributed by atoms with E-state index >= 15 is 0 Å². The predicted molar refractivity (Wildman–Crippen MR) is 81.2 cm³/mol. The highest BCUT2D eigenvalue weighted by atomic mass is 16.2. The molecule has 2 rings (SSSR count). The van der Waals surface area contributed by atoms with Gasteiger partial charge in [0.05, 0.1) is 0 Å². The Morgan fingerprint density at radius 1 is 1.40 bits per heavy atom. The summed E-state index contributed by atoms with van der Waals surface area (Å²) in [6.07, 6.45) is 1.15. The van der Waals surface area contributed by atoms with Gasteiger partial charge in [0.25, 0.3) is 0 Å². The fourth-order valence-electron chi connectivity index (χ4n) is 2.66. The minimum absolute atomic E-state index is 0.0841. The molecule has 0 aromatic heterocycles. The van der Waals surface area contributed by atoms with Crippen molar-refractivity contribution in [2.45, 2.75) is 32.4 Å². The van der Waals surface area contributed by atoms with Crippen molar-refractivity contribution in [1.82, 2.24) is 10.2 Å². The molecule has 3 N–H and O–H groups in total. The van der Waals surface area contributed by atoms with Crippen molar-refractivity contribution in [3.05, 3.63) is 35.9 Å². The van der Waals surface area contributed by atoms with Crippen molar-refractivity contribution in [3.63, 3.8) is 0 Å². The van der Waals surface area contributed by atoms with Gasteiger partial charge in [-0.05, 0) is 38.3 Å². The molecule has 0 saturated carbocycles. The maximum atomic E-state index is 12.1. The van der Waals surface area contributed by atoms with Crippen LogP contribution in [-0.4, -0.2) is 36.5 Å². The van der Waals surface area contributed by atoms with Crippen LogP contribution in [0.3, 0.4) is 0 Å². The number of nitrogens with zero attached hydrogens (tertiary/aromatic N) is 1. The lowest BCUT2D eigenvalue weighted by Gasteiger charge is -2.20. The molecule has 1 aliphatic rings. The van der Waals surface area contributed by atoms with E-state index in [4.69, 9.17) is 5.73 Å². The molecule has 0 aliphatic carbocycles. The number of hydrogen-bond acceptors (Lipinski definition) is 3. The van der Waals surface area contributed by atoms with Crippen LogP contribution in [0.2, 0.25) is 0 Å². The number of nitrogens with two attached hydrogens (primary N) is 1. The Labute approximate surface area is 121 Å². The Morgan fingerprint density at radius 2 is 2.10 bits per heavy atom. The largest absolute Gasteiger partial charge is 0.354 e. The summed E-state index contributed by atoms with van der Waals surface area (Å²) in [6, 6.07) is 9.52. The maximum absolute atomic E-state index is 12.1. The lowest BCUT2D eigenvalue weighted by atomic mass is 10.1. The Balaban J connectivity index is 1.78. The van der Waals surface area contributed by atoms with E-state index in [1.165, 1.54) is 0 Å². The van der Waals surface area contributed by atoms with E-state index in [-0.39, 0.29) is 5.91 Å². The van der Waals surface area contributed by atoms with Crippen LogP contribution in [0.1, 0.15) is 31.9 Å². The molecule has 4 nitrogen and oxygen atoms in total. The zero-order valence-corrected chi connectivity index (χ0v) is 12.4. The van der Waals surface area contributed by atoms with Gasteiger partial charge in [0.1, 0.15) is 6.04 Å². The highest BCUT2D eigenvalue weighted by Crippen LogP contribution is 2.18. The monoisotopic (exact) mass is 275 g/mol. The molecular weight excluding hydrogens is 250 g/mol. The van der Waals surface area contributed by atoms with Crippen molar-refractivity contribution in [2.75, 3.05) is 19.6 Å². The van der Waals surface area contributed by atoms with Gasteiger partial charge < -0.3 is 16.0 Å². The summed E-state index contributed by atoms with van der Waals surface area (Å²) < 4.78 is 0. The third kappa shape index (κ3) is 3.81. The molecule has 0 radical (unpaired) electrons. The first-order valence-corrected chi connectivity index (χ1v) is 7.40. The van der Waals surface area contributed by atoms with Crippen LogP contribution < -0.4 is 11.1 Å². The summed E-state index contributed by atoms with van der Waals surface area (Å²) in [5.74, 6) is 0.462. The van der Waals surface area contributed by atoms with Gasteiger partial charge >= 0.3 is 0 Å². The van der Waals surface area contributed by atoms with Gasteiger partial charge in [-0.3, -0.25) is 4.79 Å². The topological polar surface area (TPSA) is 58.4 Å². The second kappa shape index (κ2) is 6.86. The van der Waals surface area contributed by atoms with Crippen molar-refractivity contribution in [2.24, 2.45) is 11.7 Å². The first-order chi connectivity index (χ1) is 9.58. The third-order valence-electron chi connectivity index (χ3n) is 4.05. The van der Waals surface area contributed by atoms with Crippen LogP contribution >= 0.6 is 0 Å². The maximum Gasteiger partial charge on any atom is 0.241 e. The second-order valence-corrected chi connectivity index (χ2v) is 5.88. The average Bonchev–Trinajstić information content (AvgIpc) is 2.94. The summed E-state index contributed by atoms with van der Waals surface area (Å²) in [5, 5.41) is 2.99. The molecule has 1 unspecified atom stereocenters. The second-order valence-electron chi connectivity index (χ2n) is 5.88. The number of benzene rings is 1. The zero-order chi connectivity index (χ0) is 14.5. The quantitative estimate of drug-likeness (QED) is 0.857. The smallest absolute Gasteiger partial charge is 0.241 e. The van der Waals surface area contributed by atoms with E-state index < -0.39 is 6.04 Å². The molecular formula is C16H25N3O. The van der Waals surface area contributed by atoms with Gasteiger partial charge in [0.2, 0.25) is 5.91 Å². The summed E-state index contributed by atoms with van der Waals surface area (Å²) in [7, 11) is 0. The summed E-state index contributed by atoms with van der Waals surface area (Å²) >= 11 is 0. The highest BCUT2D eigenvalue weighted by Gasteiger charge is 2.25. The molecule has 110 valence electrons. The molecule has 1 heterocycles. The minimum atomic E-state index is -0.571. The molecule has 0 bridgehead atoms. The van der Waals surface area contributed by atoms with E-state index in [9.17, 15) is 4.79 Å². The van der Waals surface area contributed by atoms with Crippen molar-refractivity contribution in [1.29, 1.82) is 0 Å². The molecule has 20 heavy (non-hydrogen) atoms. The molecule has 1 fully saturated rings. The Kier molecular flexibility index (Phi) is 5.15. The molecule has 1 saturated heterocycles. The van der Waals surface area contributed by atoms with Crippen LogP contribution in [0, 0.1) is 5.92 Å². The number of carbonyl (C=O) groups excluding carboxylic acids is 1. The number of amides is 1. The van der Waals surface area contributed by atoms with Crippen LogP contribution in [0.25, 0.3) is 0 Å². The fourth-order valence-corrected chi connectivity index (χ4v) is 2.66. The van der Waals surface area contributed by atoms with E-state index in [2.05, 4.69) is 24.1 Å². The number of rotatable bonds is 5. The Bertz CT molecular complexity index is 433. The molecule has 1 amide bonds. The number of nitrogens with one attached hydrogen (secondary N) is 1. The Morgan fingerprint density at radius 3 is 2.70 bits per heavy atom. The number of carbonyl (C=O) groups is 1. The van der Waals surface area contributed by atoms with E-state index in [0.717, 1.165) is 31.6 Å². The summed E-state index contributed by atoms with van der Waals surface area (Å²) in [4.78, 5) is 14.5. The van der Waals surface area contributed by atoms with E-state index in [1.54, 1.807) is 0 Å². The molecule has 1 aromatic carbocycles. The first-order valence-electron chi connectivity index (χ1n) is 7.40. The van der Waals surface area contributed by atoms with Gasteiger partial charge in [0.15, 0.2) is 0 Å². The van der Waals surface area contributed by atoms with Crippen LogP contribution in [-0.2, 0) is 4.79 Å². The molecule has 4 heteroatoms.